The van der Waals surface area contributed by atoms with Gasteiger partial charge < -0.3 is 14.8 Å². The summed E-state index contributed by atoms with van der Waals surface area (Å²) in [6, 6.07) is 3.61. The van der Waals surface area contributed by atoms with Crippen LogP contribution in [0.2, 0.25) is 0 Å². The molecule has 0 spiro atoms. The minimum atomic E-state index is -4.41. The van der Waals surface area contributed by atoms with Crippen molar-refractivity contribution in [2.24, 2.45) is 0 Å². The van der Waals surface area contributed by atoms with Crippen LogP contribution in [0.25, 0.3) is 11.0 Å². The van der Waals surface area contributed by atoms with Gasteiger partial charge in [-0.1, -0.05) is 6.92 Å². The first-order valence-corrected chi connectivity index (χ1v) is 10.0. The Morgan fingerprint density at radius 2 is 2.03 bits per heavy atom. The van der Waals surface area contributed by atoms with E-state index in [1.54, 1.807) is 19.2 Å². The molecular formula is C20H23F3N6O3. The minimum Gasteiger partial charge on any atom is -0.460 e. The van der Waals surface area contributed by atoms with Crippen LogP contribution in [0.1, 0.15) is 35.7 Å². The van der Waals surface area contributed by atoms with E-state index in [9.17, 15) is 18.0 Å². The molecule has 3 aromatic rings. The molecule has 0 atom stereocenters. The van der Waals surface area contributed by atoms with Gasteiger partial charge in [-0.2, -0.15) is 18.3 Å². The van der Waals surface area contributed by atoms with E-state index in [2.05, 4.69) is 25.4 Å². The van der Waals surface area contributed by atoms with Crippen molar-refractivity contribution >= 4 is 28.6 Å². The Morgan fingerprint density at radius 3 is 2.69 bits per heavy atom. The van der Waals surface area contributed by atoms with Crippen LogP contribution in [0.15, 0.2) is 18.3 Å². The zero-order chi connectivity index (χ0) is 23.3. The van der Waals surface area contributed by atoms with E-state index in [4.69, 9.17) is 9.47 Å². The second-order valence-electron chi connectivity index (χ2n) is 6.85. The fourth-order valence-corrected chi connectivity index (χ4v) is 2.98. The number of hydrogen-bond donors (Lipinski definition) is 1. The van der Waals surface area contributed by atoms with E-state index < -0.39 is 18.8 Å². The number of aryl methyl sites for hydroxylation is 2. The average molecular weight is 452 g/mol. The summed E-state index contributed by atoms with van der Waals surface area (Å²) in [5.74, 6) is -0.145. The highest BCUT2D eigenvalue weighted by Gasteiger charge is 2.27. The third-order valence-corrected chi connectivity index (χ3v) is 4.32. The molecule has 0 aliphatic rings. The average Bonchev–Trinajstić information content (AvgIpc) is 3.09. The molecule has 172 valence electrons. The third-order valence-electron chi connectivity index (χ3n) is 4.32. The Balaban J connectivity index is 2.04. The first kappa shape index (κ1) is 23.4. The summed E-state index contributed by atoms with van der Waals surface area (Å²) in [4.78, 5) is 25.2. The van der Waals surface area contributed by atoms with Gasteiger partial charge in [-0.3, -0.25) is 4.68 Å². The Labute approximate surface area is 182 Å². The van der Waals surface area contributed by atoms with Crippen LogP contribution in [0.5, 0.6) is 0 Å². The van der Waals surface area contributed by atoms with Gasteiger partial charge in [-0.15, -0.1) is 0 Å². The number of carbonyl (C=O) groups is 1. The fourth-order valence-electron chi connectivity index (χ4n) is 2.98. The number of fused-ring (bicyclic) bond motifs is 1. The van der Waals surface area contributed by atoms with Gasteiger partial charge in [0.1, 0.15) is 23.5 Å². The number of rotatable bonds is 9. The van der Waals surface area contributed by atoms with E-state index in [1.165, 1.54) is 4.68 Å². The Morgan fingerprint density at radius 1 is 1.25 bits per heavy atom. The third kappa shape index (κ3) is 5.69. The predicted octanol–water partition coefficient (Wildman–Crippen LogP) is 3.59. The molecule has 0 saturated carbocycles. The van der Waals surface area contributed by atoms with Crippen LogP contribution < -0.4 is 5.32 Å². The monoisotopic (exact) mass is 452 g/mol. The number of hydrogen-bond acceptors (Lipinski definition) is 8. The quantitative estimate of drug-likeness (QED) is 0.388. The second kappa shape index (κ2) is 9.90. The molecule has 0 amide bonds. The van der Waals surface area contributed by atoms with Gasteiger partial charge in [0.05, 0.1) is 25.5 Å². The van der Waals surface area contributed by atoms with Crippen LogP contribution >= 0.6 is 0 Å². The lowest BCUT2D eigenvalue weighted by molar-refractivity contribution is -0.174. The highest BCUT2D eigenvalue weighted by molar-refractivity contribution is 5.94. The number of anilines is 2. The van der Waals surface area contributed by atoms with E-state index >= 15 is 0 Å². The lowest BCUT2D eigenvalue weighted by atomic mass is 10.2. The standard InChI is InChI=1S/C20H23F3N6O3/c1-4-13-15-16(29(28-13)8-9-31-11-20(21,22)23)17(25-14-10-12(3)6-7-24-14)27-18(26-15)19(30)32-5-2/h6-7,10H,4-5,8-9,11H2,1-3H3,(H,24,25,26,27). The first-order valence-electron chi connectivity index (χ1n) is 10.0. The molecule has 3 aromatic heterocycles. The number of aromatic nitrogens is 5. The normalized spacial score (nSPS) is 11.7. The van der Waals surface area contributed by atoms with Crippen molar-refractivity contribution < 1.29 is 27.4 Å². The van der Waals surface area contributed by atoms with Crippen molar-refractivity contribution in [2.75, 3.05) is 25.1 Å². The van der Waals surface area contributed by atoms with Crippen molar-refractivity contribution in [3.8, 4) is 0 Å². The van der Waals surface area contributed by atoms with Crippen molar-refractivity contribution in [3.63, 3.8) is 0 Å². The molecule has 0 fully saturated rings. The summed E-state index contributed by atoms with van der Waals surface area (Å²) < 4.78 is 48.4. The number of ether oxygens (including phenoxy) is 2. The molecule has 0 aliphatic heterocycles. The van der Waals surface area contributed by atoms with Crippen molar-refractivity contribution in [3.05, 3.63) is 35.4 Å². The molecule has 3 heterocycles. The highest BCUT2D eigenvalue weighted by Crippen LogP contribution is 2.27. The number of halogens is 3. The molecule has 0 aliphatic carbocycles. The zero-order valence-electron chi connectivity index (χ0n) is 17.9. The summed E-state index contributed by atoms with van der Waals surface area (Å²) in [5, 5.41) is 7.51. The van der Waals surface area contributed by atoms with Gasteiger partial charge in [0.15, 0.2) is 5.82 Å². The van der Waals surface area contributed by atoms with Gasteiger partial charge >= 0.3 is 12.1 Å². The van der Waals surface area contributed by atoms with Crippen molar-refractivity contribution in [1.29, 1.82) is 0 Å². The molecule has 3 rings (SSSR count). The molecule has 1 N–H and O–H groups in total. The number of carbonyl (C=O) groups excluding carboxylic acids is 1. The smallest absolute Gasteiger partial charge is 0.411 e. The topological polar surface area (TPSA) is 104 Å². The van der Waals surface area contributed by atoms with Gasteiger partial charge in [0.25, 0.3) is 0 Å². The van der Waals surface area contributed by atoms with Crippen LogP contribution in [0, 0.1) is 6.92 Å². The highest BCUT2D eigenvalue weighted by atomic mass is 19.4. The van der Waals surface area contributed by atoms with Crippen LogP contribution in [0.3, 0.4) is 0 Å². The van der Waals surface area contributed by atoms with Crippen LogP contribution in [-0.2, 0) is 22.4 Å². The Kier molecular flexibility index (Phi) is 7.23. The zero-order valence-corrected chi connectivity index (χ0v) is 17.9. The summed E-state index contributed by atoms with van der Waals surface area (Å²) in [5.41, 5.74) is 2.33. The SMILES string of the molecule is CCOC(=O)c1nc(Nc2cc(C)ccn2)c2c(n1)c(CC)nn2CCOCC(F)(F)F. The maximum absolute atomic E-state index is 12.4. The first-order chi connectivity index (χ1) is 15.2. The molecule has 0 saturated heterocycles. The summed E-state index contributed by atoms with van der Waals surface area (Å²) in [7, 11) is 0. The maximum Gasteiger partial charge on any atom is 0.411 e. The predicted molar refractivity (Wildman–Crippen MR) is 110 cm³/mol. The number of nitrogens with one attached hydrogen (secondary N) is 1. The van der Waals surface area contributed by atoms with Gasteiger partial charge in [0.2, 0.25) is 5.82 Å². The molecule has 0 bridgehead atoms. The van der Waals surface area contributed by atoms with E-state index in [0.29, 0.717) is 29.0 Å². The Hall–Kier alpha value is -3.28. The van der Waals surface area contributed by atoms with Crippen LogP contribution in [-0.4, -0.2) is 56.7 Å². The second-order valence-corrected chi connectivity index (χ2v) is 6.85. The molecule has 0 unspecified atom stereocenters. The van der Waals surface area contributed by atoms with Crippen molar-refractivity contribution in [1.82, 2.24) is 24.7 Å². The van der Waals surface area contributed by atoms with Gasteiger partial charge in [0, 0.05) is 6.20 Å². The molecule has 9 nitrogen and oxygen atoms in total. The molecule has 0 radical (unpaired) electrons. The lowest BCUT2D eigenvalue weighted by Crippen LogP contribution is -2.19. The summed E-state index contributed by atoms with van der Waals surface area (Å²) in [6.45, 7) is 4.03. The van der Waals surface area contributed by atoms with Gasteiger partial charge in [-0.25, -0.2) is 19.7 Å². The number of esters is 1. The molecule has 0 aromatic carbocycles. The summed E-state index contributed by atoms with van der Waals surface area (Å²) >= 11 is 0. The van der Waals surface area contributed by atoms with Crippen LogP contribution in [0.4, 0.5) is 24.8 Å². The van der Waals surface area contributed by atoms with Crippen molar-refractivity contribution in [2.45, 2.75) is 39.9 Å². The fraction of sp³-hybridized carbons (Fsp3) is 0.450. The lowest BCUT2D eigenvalue weighted by Gasteiger charge is -2.11. The van der Waals surface area contributed by atoms with E-state index in [0.717, 1.165) is 5.56 Å². The molecule has 12 heteroatoms. The number of pyridine rings is 1. The number of alkyl halides is 3. The van der Waals surface area contributed by atoms with Gasteiger partial charge in [-0.05, 0) is 38.0 Å². The summed E-state index contributed by atoms with van der Waals surface area (Å²) in [6.07, 6.45) is -2.32. The maximum atomic E-state index is 12.4. The number of nitrogens with zero attached hydrogens (tertiary/aromatic N) is 5. The molecular weight excluding hydrogens is 429 g/mol. The minimum absolute atomic E-state index is 0.0324. The Bertz CT molecular complexity index is 1100. The van der Waals surface area contributed by atoms with E-state index in [1.807, 2.05) is 19.9 Å². The largest absolute Gasteiger partial charge is 0.460 e. The van der Waals surface area contributed by atoms with E-state index in [-0.39, 0.29) is 31.4 Å². The molecule has 32 heavy (non-hydrogen) atoms.